The molecule has 0 aromatic rings. The molecule has 0 rings (SSSR count). The molecule has 0 spiro atoms. The highest BCUT2D eigenvalue weighted by Crippen LogP contribution is 2.21. The van der Waals surface area contributed by atoms with Gasteiger partial charge in [0.15, 0.2) is 11.1 Å². The second-order valence-electron chi connectivity index (χ2n) is 10.1. The summed E-state index contributed by atoms with van der Waals surface area (Å²) in [7, 11) is 0. The summed E-state index contributed by atoms with van der Waals surface area (Å²) in [5.41, 5.74) is -1.04. The van der Waals surface area contributed by atoms with Gasteiger partial charge in [-0.15, -0.1) is 0 Å². The number of carbonyl (C=O) groups is 3. The maximum Gasteiger partial charge on any atom is 0.309 e. The van der Waals surface area contributed by atoms with Crippen LogP contribution < -0.4 is 10.6 Å². The molecule has 0 aromatic heterocycles. The van der Waals surface area contributed by atoms with Gasteiger partial charge in [0, 0.05) is 24.9 Å². The molecule has 0 aromatic carbocycles. The molecule has 1 unspecified atom stereocenters. The fraction of sp³-hybridized carbons (Fsp3) is 0.531. The van der Waals surface area contributed by atoms with Crippen LogP contribution in [0.4, 0.5) is 0 Å². The van der Waals surface area contributed by atoms with E-state index < -0.39 is 40.4 Å². The van der Waals surface area contributed by atoms with Crippen LogP contribution in [0.3, 0.4) is 0 Å². The lowest BCUT2D eigenvalue weighted by molar-refractivity contribution is -0.152. The standard InChI is InChI=1S/C32H50N2O7S/c1-4-5-6-7-8-9-10-11-12-13-14-15-16-17-18-19-20-21-22-29(36)41-27-32(2,3)30(37)31(38)34-24-23-28(35)33-25-26-42(39)40/h5-6,8-9,11-12,14-15,17-18,20-21,30,37H,4,7,10,13,16,19,22-27H2,1-3H3,(H,33,35)(H,34,38)(H,39,40)/t30-/m0/s1. The molecule has 236 valence electrons. The third kappa shape index (κ3) is 23.6. The number of esters is 1. The SMILES string of the molecule is CCC=CCC=CCC=CCC=CCC=CCC=CCC(=O)OCC(C)(C)[C@@H](O)C(=O)NCCC(=O)NCCS(=O)O. The highest BCUT2D eigenvalue weighted by Gasteiger charge is 2.34. The molecule has 4 N–H and O–H groups in total. The second-order valence-corrected chi connectivity index (χ2v) is 11.1. The monoisotopic (exact) mass is 606 g/mol. The van der Waals surface area contributed by atoms with Crippen molar-refractivity contribution in [3.63, 3.8) is 0 Å². The van der Waals surface area contributed by atoms with Gasteiger partial charge in [0.1, 0.15) is 6.10 Å². The molecule has 2 amide bonds. The number of carbonyl (C=O) groups excluding carboxylic acids is 3. The number of amides is 2. The van der Waals surface area contributed by atoms with Gasteiger partial charge in [0.2, 0.25) is 11.8 Å². The van der Waals surface area contributed by atoms with Crippen LogP contribution in [0.25, 0.3) is 0 Å². The average Bonchev–Trinajstić information content (AvgIpc) is 2.94. The van der Waals surface area contributed by atoms with Gasteiger partial charge in [-0.1, -0.05) is 93.7 Å². The summed E-state index contributed by atoms with van der Waals surface area (Å²) in [6, 6.07) is 0. The van der Waals surface area contributed by atoms with E-state index in [1.165, 1.54) is 0 Å². The molecule has 0 fully saturated rings. The van der Waals surface area contributed by atoms with Crippen molar-refractivity contribution < 1.29 is 33.0 Å². The Balaban J connectivity index is 4.06. The Morgan fingerprint density at radius 2 is 1.26 bits per heavy atom. The summed E-state index contributed by atoms with van der Waals surface area (Å²) >= 11 is -1.99. The van der Waals surface area contributed by atoms with E-state index in [9.17, 15) is 23.7 Å². The van der Waals surface area contributed by atoms with Crippen LogP contribution in [0.2, 0.25) is 0 Å². The Hall–Kier alpha value is -3.08. The normalized spacial score (nSPS) is 14.1. The lowest BCUT2D eigenvalue weighted by atomic mass is 9.87. The minimum atomic E-state index is -1.99. The minimum absolute atomic E-state index is 0.0114. The summed E-state index contributed by atoms with van der Waals surface area (Å²) in [4.78, 5) is 35.9. The predicted molar refractivity (Wildman–Crippen MR) is 170 cm³/mol. The maximum atomic E-state index is 12.2. The summed E-state index contributed by atoms with van der Waals surface area (Å²) in [6.45, 7) is 5.22. The number of allylic oxidation sites excluding steroid dienone is 11. The first kappa shape index (κ1) is 38.9. The second kappa shape index (κ2) is 25.6. The van der Waals surface area contributed by atoms with Crippen molar-refractivity contribution in [1.29, 1.82) is 0 Å². The molecule has 0 aliphatic rings. The van der Waals surface area contributed by atoms with Gasteiger partial charge in [0.25, 0.3) is 0 Å². The molecule has 0 radical (unpaired) electrons. The zero-order chi connectivity index (χ0) is 31.5. The molecule has 0 saturated carbocycles. The quantitative estimate of drug-likeness (QED) is 0.0740. The highest BCUT2D eigenvalue weighted by atomic mass is 32.2. The van der Waals surface area contributed by atoms with Crippen molar-refractivity contribution in [2.75, 3.05) is 25.4 Å². The Labute approximate surface area is 254 Å². The molecule has 0 aliphatic heterocycles. The van der Waals surface area contributed by atoms with E-state index in [-0.39, 0.29) is 38.3 Å². The van der Waals surface area contributed by atoms with Gasteiger partial charge < -0.3 is 25.0 Å². The van der Waals surface area contributed by atoms with E-state index in [2.05, 4.69) is 72.2 Å². The Bertz CT molecular complexity index is 981. The van der Waals surface area contributed by atoms with Crippen LogP contribution in [0.1, 0.15) is 72.1 Å². The minimum Gasteiger partial charge on any atom is -0.465 e. The largest absolute Gasteiger partial charge is 0.465 e. The Morgan fingerprint density at radius 1 is 0.786 bits per heavy atom. The average molecular weight is 607 g/mol. The zero-order valence-electron chi connectivity index (χ0n) is 25.3. The van der Waals surface area contributed by atoms with Crippen LogP contribution in [0, 0.1) is 5.41 Å². The van der Waals surface area contributed by atoms with Crippen molar-refractivity contribution in [3.8, 4) is 0 Å². The van der Waals surface area contributed by atoms with Crippen molar-refractivity contribution in [3.05, 3.63) is 72.9 Å². The fourth-order valence-electron chi connectivity index (χ4n) is 3.22. The van der Waals surface area contributed by atoms with Gasteiger partial charge in [-0.3, -0.25) is 14.4 Å². The molecule has 0 bridgehead atoms. The summed E-state index contributed by atoms with van der Waals surface area (Å²) in [5.74, 6) is -1.62. The van der Waals surface area contributed by atoms with Gasteiger partial charge in [-0.25, -0.2) is 4.21 Å². The first-order valence-electron chi connectivity index (χ1n) is 14.5. The molecule has 0 heterocycles. The summed E-state index contributed by atoms with van der Waals surface area (Å²) in [5, 5.41) is 15.3. The Kier molecular flexibility index (Phi) is 23.7. The molecule has 42 heavy (non-hydrogen) atoms. The highest BCUT2D eigenvalue weighted by molar-refractivity contribution is 7.79. The maximum absolute atomic E-state index is 12.2. The smallest absolute Gasteiger partial charge is 0.309 e. The number of hydrogen-bond donors (Lipinski definition) is 4. The van der Waals surface area contributed by atoms with Gasteiger partial charge in [0.05, 0.1) is 18.8 Å². The lowest BCUT2D eigenvalue weighted by Crippen LogP contribution is -2.47. The van der Waals surface area contributed by atoms with E-state index in [0.29, 0.717) is 6.42 Å². The van der Waals surface area contributed by atoms with Crippen LogP contribution in [-0.4, -0.2) is 63.2 Å². The fourth-order valence-corrected chi connectivity index (χ4v) is 3.50. The predicted octanol–water partition coefficient (Wildman–Crippen LogP) is 4.85. The molecule has 9 nitrogen and oxygen atoms in total. The van der Waals surface area contributed by atoms with Gasteiger partial charge >= 0.3 is 5.97 Å². The van der Waals surface area contributed by atoms with Crippen LogP contribution in [0.5, 0.6) is 0 Å². The third-order valence-corrected chi connectivity index (χ3v) is 6.28. The number of hydrogen-bond acceptors (Lipinski definition) is 6. The first-order chi connectivity index (χ1) is 20.1. The molecule has 0 saturated heterocycles. The van der Waals surface area contributed by atoms with Crippen LogP contribution in [0.15, 0.2) is 72.9 Å². The number of aliphatic hydroxyl groups excluding tert-OH is 1. The van der Waals surface area contributed by atoms with Crippen molar-refractivity contribution in [1.82, 2.24) is 10.6 Å². The van der Waals surface area contributed by atoms with Gasteiger partial charge in [-0.05, 0) is 38.5 Å². The topological polar surface area (TPSA) is 142 Å². The lowest BCUT2D eigenvalue weighted by Gasteiger charge is -2.28. The molecule has 2 atom stereocenters. The van der Waals surface area contributed by atoms with Gasteiger partial charge in [-0.2, -0.15) is 0 Å². The molecular formula is C32H50N2O7S. The number of ether oxygens (including phenoxy) is 1. The van der Waals surface area contributed by atoms with Crippen LogP contribution in [-0.2, 0) is 30.2 Å². The van der Waals surface area contributed by atoms with Crippen LogP contribution >= 0.6 is 0 Å². The van der Waals surface area contributed by atoms with E-state index in [1.54, 1.807) is 19.9 Å². The summed E-state index contributed by atoms with van der Waals surface area (Å²) in [6.07, 6.45) is 29.0. The van der Waals surface area contributed by atoms with E-state index in [4.69, 9.17) is 9.29 Å². The van der Waals surface area contributed by atoms with E-state index in [1.807, 2.05) is 12.2 Å². The molecule has 0 aliphatic carbocycles. The van der Waals surface area contributed by atoms with E-state index in [0.717, 1.165) is 32.1 Å². The van der Waals surface area contributed by atoms with Crippen molar-refractivity contribution in [2.45, 2.75) is 78.2 Å². The number of rotatable bonds is 23. The molecular weight excluding hydrogens is 556 g/mol. The summed E-state index contributed by atoms with van der Waals surface area (Å²) < 4.78 is 24.5. The number of aliphatic hydroxyl groups is 1. The Morgan fingerprint density at radius 3 is 1.74 bits per heavy atom. The molecule has 10 heteroatoms. The van der Waals surface area contributed by atoms with E-state index >= 15 is 0 Å². The zero-order valence-corrected chi connectivity index (χ0v) is 26.2. The van der Waals surface area contributed by atoms with Crippen molar-refractivity contribution in [2.24, 2.45) is 5.41 Å². The first-order valence-corrected chi connectivity index (χ1v) is 15.7. The number of nitrogens with one attached hydrogen (secondary N) is 2. The third-order valence-electron chi connectivity index (χ3n) is 5.72. The van der Waals surface area contributed by atoms with Crippen molar-refractivity contribution >= 4 is 28.9 Å².